The molecule has 0 radical (unpaired) electrons. The lowest BCUT2D eigenvalue weighted by Crippen LogP contribution is -2.27. The fourth-order valence-corrected chi connectivity index (χ4v) is 4.58. The van der Waals surface area contributed by atoms with Gasteiger partial charge in [0.2, 0.25) is 16.0 Å². The molecular weight excluding hydrogens is 502 g/mol. The van der Waals surface area contributed by atoms with E-state index in [9.17, 15) is 23.4 Å². The number of aliphatic hydroxyl groups excluding tert-OH is 2. The van der Waals surface area contributed by atoms with Gasteiger partial charge in [0.1, 0.15) is 5.03 Å². The highest BCUT2D eigenvalue weighted by Crippen LogP contribution is 2.35. The van der Waals surface area contributed by atoms with Crippen LogP contribution < -0.4 is 4.31 Å². The average molecular weight is 538 g/mol. The van der Waals surface area contributed by atoms with Crippen molar-refractivity contribution < 1.29 is 28.5 Å². The Hall–Kier alpha value is -2.47. The van der Waals surface area contributed by atoms with Crippen LogP contribution in [0.2, 0.25) is 0 Å². The first-order valence-corrected chi connectivity index (χ1v) is 14.2. The molecule has 11 heteroatoms. The number of anilines is 1. The molecule has 0 bridgehead atoms. The molecule has 0 aliphatic heterocycles. The Morgan fingerprint density at radius 2 is 1.69 bits per heavy atom. The van der Waals surface area contributed by atoms with Crippen molar-refractivity contribution in [1.82, 2.24) is 9.97 Å². The smallest absolute Gasteiger partial charge is 0.305 e. The number of aliphatic hydroxyl groups is 2. The average Bonchev–Trinajstić information content (AvgIpc) is 2.76. The summed E-state index contributed by atoms with van der Waals surface area (Å²) in [4.78, 5) is 20.8. The molecule has 0 spiro atoms. The summed E-state index contributed by atoms with van der Waals surface area (Å²) in [5, 5.41) is 29.5. The zero-order chi connectivity index (χ0) is 27.2. The molecule has 2 rings (SSSR count). The van der Waals surface area contributed by atoms with E-state index in [-0.39, 0.29) is 18.3 Å². The lowest BCUT2D eigenvalue weighted by Gasteiger charge is -2.20. The Kier molecular flexibility index (Phi) is 10.5. The van der Waals surface area contributed by atoms with Crippen LogP contribution in [0.15, 0.2) is 40.3 Å². The summed E-state index contributed by atoms with van der Waals surface area (Å²) in [6.45, 7) is 8.05. The fraction of sp³-hybridized carbons (Fsp3) is 0.480. The van der Waals surface area contributed by atoms with Gasteiger partial charge in [-0.2, -0.15) is 0 Å². The molecule has 0 saturated carbocycles. The van der Waals surface area contributed by atoms with Crippen molar-refractivity contribution in [3.05, 3.63) is 47.2 Å². The van der Waals surface area contributed by atoms with E-state index in [0.29, 0.717) is 22.2 Å². The Labute approximate surface area is 217 Å². The number of benzene rings is 1. The quantitative estimate of drug-likeness (QED) is 0.344. The molecule has 3 N–H and O–H groups in total. The van der Waals surface area contributed by atoms with Gasteiger partial charge in [-0.25, -0.2) is 22.7 Å². The maximum absolute atomic E-state index is 12.2. The van der Waals surface area contributed by atoms with Crippen LogP contribution in [0.25, 0.3) is 6.08 Å². The predicted molar refractivity (Wildman–Crippen MR) is 142 cm³/mol. The SMILES string of the molecule is CC(C)c1ccc(Sc2nc(N(C)S(C)(=O)=O)nc(C(C)C)c2/C=C/[C@@H](O)C[C@@H](O)CC(=O)O)cc1. The van der Waals surface area contributed by atoms with Crippen LogP contribution >= 0.6 is 11.8 Å². The van der Waals surface area contributed by atoms with Crippen molar-refractivity contribution in [1.29, 1.82) is 0 Å². The molecule has 0 aliphatic carbocycles. The number of rotatable bonds is 12. The normalized spacial score (nSPS) is 13.9. The molecule has 0 saturated heterocycles. The number of carboxylic acid groups (broad SMARTS) is 1. The van der Waals surface area contributed by atoms with Crippen LogP contribution in [-0.4, -0.2) is 65.2 Å². The topological polar surface area (TPSA) is 141 Å². The van der Waals surface area contributed by atoms with Crippen LogP contribution in [0.3, 0.4) is 0 Å². The third-order valence-electron chi connectivity index (χ3n) is 5.42. The van der Waals surface area contributed by atoms with Gasteiger partial charge >= 0.3 is 5.97 Å². The number of aromatic nitrogens is 2. The fourth-order valence-electron chi connectivity index (χ4n) is 3.30. The van der Waals surface area contributed by atoms with Crippen LogP contribution in [0.1, 0.15) is 69.2 Å². The van der Waals surface area contributed by atoms with E-state index in [1.165, 1.54) is 30.4 Å². The molecule has 2 aromatic rings. The minimum Gasteiger partial charge on any atom is -0.481 e. The first-order chi connectivity index (χ1) is 16.7. The highest BCUT2D eigenvalue weighted by molar-refractivity contribution is 7.99. The summed E-state index contributed by atoms with van der Waals surface area (Å²) in [7, 11) is -2.21. The highest BCUT2D eigenvalue weighted by Gasteiger charge is 2.22. The number of sulfonamides is 1. The molecule has 1 aromatic carbocycles. The zero-order valence-corrected chi connectivity index (χ0v) is 23.0. The number of carboxylic acids is 1. The minimum absolute atomic E-state index is 0.0390. The second-order valence-corrected chi connectivity index (χ2v) is 12.3. The van der Waals surface area contributed by atoms with Gasteiger partial charge in [0.25, 0.3) is 0 Å². The number of nitrogens with zero attached hydrogens (tertiary/aromatic N) is 3. The van der Waals surface area contributed by atoms with E-state index in [2.05, 4.69) is 23.8 Å². The van der Waals surface area contributed by atoms with Crippen molar-refractivity contribution >= 4 is 39.8 Å². The summed E-state index contributed by atoms with van der Waals surface area (Å²) >= 11 is 1.35. The summed E-state index contributed by atoms with van der Waals surface area (Å²) in [5.41, 5.74) is 2.39. The van der Waals surface area contributed by atoms with E-state index in [1.807, 2.05) is 38.1 Å². The summed E-state index contributed by atoms with van der Waals surface area (Å²) in [5.74, 6) is -0.835. The number of hydrogen-bond donors (Lipinski definition) is 3. The third kappa shape index (κ3) is 8.58. The van der Waals surface area contributed by atoms with Crippen molar-refractivity contribution in [2.75, 3.05) is 17.6 Å². The highest BCUT2D eigenvalue weighted by atomic mass is 32.2. The standard InChI is InChI=1S/C25H35N3O6S2/c1-15(2)17-7-10-20(11-8-17)35-24-21(12-9-18(29)13-19(30)14-22(31)32)23(16(3)4)26-25(27-24)28(5)36(6,33)34/h7-12,15-16,18-19,29-30H,13-14H2,1-6H3,(H,31,32)/b12-9+/t18-,19-/m1/s1. The summed E-state index contributed by atoms with van der Waals surface area (Å²) in [6.07, 6.45) is 1.28. The van der Waals surface area contributed by atoms with Gasteiger partial charge in [-0.1, -0.05) is 63.7 Å². The molecule has 0 unspecified atom stereocenters. The Balaban J connectivity index is 2.55. The predicted octanol–water partition coefficient (Wildman–Crippen LogP) is 3.87. The van der Waals surface area contributed by atoms with Crippen molar-refractivity contribution in [3.63, 3.8) is 0 Å². The molecule has 1 aromatic heterocycles. The Morgan fingerprint density at radius 3 is 2.19 bits per heavy atom. The van der Waals surface area contributed by atoms with Crippen LogP contribution in [0, 0.1) is 0 Å². The third-order valence-corrected chi connectivity index (χ3v) is 7.60. The van der Waals surface area contributed by atoms with Gasteiger partial charge in [0, 0.05) is 23.9 Å². The van der Waals surface area contributed by atoms with E-state index in [1.54, 1.807) is 6.08 Å². The van der Waals surface area contributed by atoms with Gasteiger partial charge < -0.3 is 15.3 Å². The minimum atomic E-state index is -3.60. The number of aliphatic carboxylic acids is 1. The molecule has 2 atom stereocenters. The largest absolute Gasteiger partial charge is 0.481 e. The molecule has 0 amide bonds. The maximum atomic E-state index is 12.2. The van der Waals surface area contributed by atoms with Crippen molar-refractivity contribution in [2.45, 2.75) is 74.5 Å². The van der Waals surface area contributed by atoms with E-state index in [0.717, 1.165) is 15.5 Å². The van der Waals surface area contributed by atoms with E-state index in [4.69, 9.17) is 5.11 Å². The molecule has 198 valence electrons. The first kappa shape index (κ1) is 29.8. The van der Waals surface area contributed by atoms with Crippen LogP contribution in [0.5, 0.6) is 0 Å². The summed E-state index contributed by atoms with van der Waals surface area (Å²) in [6, 6.07) is 8.01. The van der Waals surface area contributed by atoms with Crippen molar-refractivity contribution in [3.8, 4) is 0 Å². The lowest BCUT2D eigenvalue weighted by molar-refractivity contribution is -0.139. The molecule has 0 fully saturated rings. The molecule has 9 nitrogen and oxygen atoms in total. The van der Waals surface area contributed by atoms with Gasteiger partial charge in [0.05, 0.1) is 30.6 Å². The molecular formula is C25H35N3O6S2. The van der Waals surface area contributed by atoms with Crippen LogP contribution in [-0.2, 0) is 14.8 Å². The van der Waals surface area contributed by atoms with Gasteiger partial charge in [-0.05, 0) is 29.5 Å². The van der Waals surface area contributed by atoms with E-state index >= 15 is 0 Å². The number of carbonyl (C=O) groups is 1. The van der Waals surface area contributed by atoms with Gasteiger partial charge in [-0.3, -0.25) is 4.79 Å². The second kappa shape index (κ2) is 12.7. The lowest BCUT2D eigenvalue weighted by atomic mass is 10.0. The number of hydrogen-bond acceptors (Lipinski definition) is 8. The van der Waals surface area contributed by atoms with E-state index < -0.39 is 34.6 Å². The summed E-state index contributed by atoms with van der Waals surface area (Å²) < 4.78 is 25.4. The maximum Gasteiger partial charge on any atom is 0.305 e. The zero-order valence-electron chi connectivity index (χ0n) is 21.4. The molecule has 36 heavy (non-hydrogen) atoms. The Bertz CT molecular complexity index is 1180. The van der Waals surface area contributed by atoms with Gasteiger partial charge in [-0.15, -0.1) is 0 Å². The van der Waals surface area contributed by atoms with Crippen LogP contribution in [0.4, 0.5) is 5.95 Å². The van der Waals surface area contributed by atoms with Gasteiger partial charge in [0.15, 0.2) is 0 Å². The first-order valence-electron chi connectivity index (χ1n) is 11.6. The molecule has 0 aliphatic rings. The molecule has 1 heterocycles. The second-order valence-electron chi connectivity index (χ2n) is 9.25. The Morgan fingerprint density at radius 1 is 1.08 bits per heavy atom. The van der Waals surface area contributed by atoms with Crippen molar-refractivity contribution in [2.24, 2.45) is 0 Å². The monoisotopic (exact) mass is 537 g/mol.